The number of hydrogen-bond donors (Lipinski definition) is 1. The summed E-state index contributed by atoms with van der Waals surface area (Å²) in [4.78, 5) is 11.0. The lowest BCUT2D eigenvalue weighted by Crippen LogP contribution is -2.23. The Bertz CT molecular complexity index is 1110. The van der Waals surface area contributed by atoms with E-state index in [0.717, 1.165) is 58.4 Å². The van der Waals surface area contributed by atoms with Crippen molar-refractivity contribution in [3.8, 4) is 28.0 Å². The standard InChI is InChI=1S/C30H33ClO5/c1-3-22-7-16-28(29(31)19-22)25-10-8-23(9-11-25)24-12-14-27(15-13-24)35-18-6-5-17-34-20-26(32)21-36-30(33)4-2/h4,7-16,19,26,32H,2-3,5-6,17-18,20-21H2,1H3. The monoisotopic (exact) mass is 508 g/mol. The van der Waals surface area contributed by atoms with Gasteiger partial charge in [-0.05, 0) is 59.7 Å². The summed E-state index contributed by atoms with van der Waals surface area (Å²) in [6.07, 6.45) is 2.81. The highest BCUT2D eigenvalue weighted by Crippen LogP contribution is 2.31. The first-order valence-electron chi connectivity index (χ1n) is 12.2. The van der Waals surface area contributed by atoms with E-state index >= 15 is 0 Å². The van der Waals surface area contributed by atoms with E-state index in [1.807, 2.05) is 18.2 Å². The second-order valence-corrected chi connectivity index (χ2v) is 8.80. The highest BCUT2D eigenvalue weighted by Gasteiger charge is 2.08. The van der Waals surface area contributed by atoms with Crippen LogP contribution < -0.4 is 4.74 Å². The Morgan fingerprint density at radius 1 is 0.944 bits per heavy atom. The summed E-state index contributed by atoms with van der Waals surface area (Å²) in [6, 6.07) is 22.7. The van der Waals surface area contributed by atoms with Crippen LogP contribution in [-0.2, 0) is 20.7 Å². The Morgan fingerprint density at radius 3 is 2.22 bits per heavy atom. The zero-order chi connectivity index (χ0) is 25.8. The number of carbonyl (C=O) groups is 1. The minimum Gasteiger partial charge on any atom is -0.494 e. The molecule has 0 amide bonds. The normalized spacial score (nSPS) is 11.6. The molecule has 0 spiro atoms. The van der Waals surface area contributed by atoms with Crippen molar-refractivity contribution in [1.82, 2.24) is 0 Å². The molecule has 0 aliphatic heterocycles. The van der Waals surface area contributed by atoms with E-state index in [1.165, 1.54) is 5.56 Å². The Balaban J connectivity index is 1.38. The van der Waals surface area contributed by atoms with Gasteiger partial charge in [-0.25, -0.2) is 4.79 Å². The van der Waals surface area contributed by atoms with Crippen LogP contribution in [0.15, 0.2) is 79.4 Å². The molecule has 3 aromatic carbocycles. The largest absolute Gasteiger partial charge is 0.494 e. The number of aliphatic hydroxyl groups excluding tert-OH is 1. The van der Waals surface area contributed by atoms with Crippen molar-refractivity contribution < 1.29 is 24.1 Å². The van der Waals surface area contributed by atoms with E-state index in [1.54, 1.807) is 0 Å². The van der Waals surface area contributed by atoms with Gasteiger partial charge in [-0.3, -0.25) is 0 Å². The second-order valence-electron chi connectivity index (χ2n) is 8.39. The molecule has 0 aliphatic rings. The maximum absolute atomic E-state index is 11.0. The summed E-state index contributed by atoms with van der Waals surface area (Å²) in [5, 5.41) is 10.5. The molecule has 36 heavy (non-hydrogen) atoms. The van der Waals surface area contributed by atoms with Crippen LogP contribution in [0.4, 0.5) is 0 Å². The zero-order valence-electron chi connectivity index (χ0n) is 20.6. The molecule has 1 N–H and O–H groups in total. The summed E-state index contributed by atoms with van der Waals surface area (Å²) < 4.78 is 16.0. The predicted octanol–water partition coefficient (Wildman–Crippen LogP) is 6.50. The number of rotatable bonds is 14. The Morgan fingerprint density at radius 2 is 1.58 bits per heavy atom. The van der Waals surface area contributed by atoms with Crippen LogP contribution in [0.5, 0.6) is 5.75 Å². The van der Waals surface area contributed by atoms with E-state index in [0.29, 0.717) is 13.2 Å². The third-order valence-corrected chi connectivity index (χ3v) is 5.98. The lowest BCUT2D eigenvalue weighted by Gasteiger charge is -2.11. The SMILES string of the molecule is C=CC(=O)OCC(O)COCCCCOc1ccc(-c2ccc(-c3ccc(CC)cc3Cl)cc2)cc1. The summed E-state index contributed by atoms with van der Waals surface area (Å²) in [5.74, 6) is 0.259. The van der Waals surface area contributed by atoms with Gasteiger partial charge in [0.05, 0.1) is 13.2 Å². The van der Waals surface area contributed by atoms with Crippen molar-refractivity contribution in [3.63, 3.8) is 0 Å². The molecule has 0 aromatic heterocycles. The lowest BCUT2D eigenvalue weighted by molar-refractivity contribution is -0.141. The quantitative estimate of drug-likeness (QED) is 0.153. The second kappa shape index (κ2) is 14.4. The van der Waals surface area contributed by atoms with Crippen molar-refractivity contribution in [3.05, 3.63) is 90.0 Å². The van der Waals surface area contributed by atoms with Gasteiger partial charge < -0.3 is 19.3 Å². The van der Waals surface area contributed by atoms with E-state index in [9.17, 15) is 9.90 Å². The first-order chi connectivity index (χ1) is 17.5. The van der Waals surface area contributed by atoms with Crippen LogP contribution in [0, 0.1) is 0 Å². The number of carbonyl (C=O) groups excluding carboxylic acids is 1. The molecule has 0 aliphatic carbocycles. The van der Waals surface area contributed by atoms with Crippen LogP contribution in [0.2, 0.25) is 5.02 Å². The molecule has 0 heterocycles. The minimum atomic E-state index is -0.843. The van der Waals surface area contributed by atoms with Gasteiger partial charge in [0.2, 0.25) is 0 Å². The predicted molar refractivity (Wildman–Crippen MR) is 144 cm³/mol. The molecule has 5 nitrogen and oxygen atoms in total. The fourth-order valence-corrected chi connectivity index (χ4v) is 3.91. The van der Waals surface area contributed by atoms with E-state index in [4.69, 9.17) is 25.8 Å². The van der Waals surface area contributed by atoms with Gasteiger partial charge in [0.25, 0.3) is 0 Å². The highest BCUT2D eigenvalue weighted by atomic mass is 35.5. The summed E-state index contributed by atoms with van der Waals surface area (Å²) >= 11 is 6.48. The molecule has 1 atom stereocenters. The molecule has 0 bridgehead atoms. The van der Waals surface area contributed by atoms with Crippen molar-refractivity contribution in [2.75, 3.05) is 26.4 Å². The van der Waals surface area contributed by atoms with Crippen molar-refractivity contribution in [2.45, 2.75) is 32.3 Å². The molecule has 0 saturated heterocycles. The molecular weight excluding hydrogens is 476 g/mol. The van der Waals surface area contributed by atoms with Crippen molar-refractivity contribution in [2.24, 2.45) is 0 Å². The van der Waals surface area contributed by atoms with Gasteiger partial charge in [-0.2, -0.15) is 0 Å². The van der Waals surface area contributed by atoms with Crippen molar-refractivity contribution >= 4 is 17.6 Å². The Hall–Kier alpha value is -3.12. The number of unbranched alkanes of at least 4 members (excludes halogenated alkanes) is 1. The average Bonchev–Trinajstić information content (AvgIpc) is 2.91. The van der Waals surface area contributed by atoms with Gasteiger partial charge in [0.1, 0.15) is 18.5 Å². The Kier molecular flexibility index (Phi) is 11.0. The first kappa shape index (κ1) is 27.5. The average molecular weight is 509 g/mol. The number of aryl methyl sites for hydroxylation is 1. The molecule has 3 aromatic rings. The summed E-state index contributed by atoms with van der Waals surface area (Å²) in [7, 11) is 0. The highest BCUT2D eigenvalue weighted by molar-refractivity contribution is 6.33. The molecule has 190 valence electrons. The molecule has 3 rings (SSSR count). The van der Waals surface area contributed by atoms with Gasteiger partial charge in [-0.15, -0.1) is 0 Å². The molecule has 0 saturated carbocycles. The fraction of sp³-hybridized carbons (Fsp3) is 0.300. The smallest absolute Gasteiger partial charge is 0.330 e. The molecule has 0 fully saturated rings. The van der Waals surface area contributed by atoms with Gasteiger partial charge in [0.15, 0.2) is 0 Å². The summed E-state index contributed by atoms with van der Waals surface area (Å²) in [6.45, 7) is 6.51. The van der Waals surface area contributed by atoms with Gasteiger partial charge in [0, 0.05) is 23.3 Å². The van der Waals surface area contributed by atoms with E-state index in [2.05, 4.69) is 62.0 Å². The molecule has 1 unspecified atom stereocenters. The summed E-state index contributed by atoms with van der Waals surface area (Å²) in [5.41, 5.74) is 5.62. The minimum absolute atomic E-state index is 0.102. The van der Waals surface area contributed by atoms with E-state index in [-0.39, 0.29) is 13.2 Å². The van der Waals surface area contributed by atoms with Crippen LogP contribution in [0.1, 0.15) is 25.3 Å². The number of esters is 1. The third-order valence-electron chi connectivity index (χ3n) is 5.67. The number of aliphatic hydroxyl groups is 1. The lowest BCUT2D eigenvalue weighted by atomic mass is 9.99. The van der Waals surface area contributed by atoms with E-state index < -0.39 is 12.1 Å². The number of halogens is 1. The molecule has 0 radical (unpaired) electrons. The van der Waals surface area contributed by atoms with Crippen LogP contribution >= 0.6 is 11.6 Å². The maximum atomic E-state index is 11.0. The number of hydrogen-bond acceptors (Lipinski definition) is 5. The van der Waals surface area contributed by atoms with Crippen LogP contribution in [0.25, 0.3) is 22.3 Å². The van der Waals surface area contributed by atoms with Gasteiger partial charge in [-0.1, -0.05) is 73.6 Å². The van der Waals surface area contributed by atoms with Crippen LogP contribution in [-0.4, -0.2) is 43.6 Å². The first-order valence-corrected chi connectivity index (χ1v) is 12.5. The topological polar surface area (TPSA) is 65.0 Å². The molecule has 6 heteroatoms. The number of ether oxygens (including phenoxy) is 3. The van der Waals surface area contributed by atoms with Crippen molar-refractivity contribution in [1.29, 1.82) is 0 Å². The maximum Gasteiger partial charge on any atom is 0.330 e. The Labute approximate surface area is 218 Å². The van der Waals surface area contributed by atoms with Crippen LogP contribution in [0.3, 0.4) is 0 Å². The fourth-order valence-electron chi connectivity index (χ4n) is 3.60. The molecular formula is C30H33ClO5. The third kappa shape index (κ3) is 8.52. The van der Waals surface area contributed by atoms with Gasteiger partial charge >= 0.3 is 5.97 Å². The number of benzene rings is 3. The zero-order valence-corrected chi connectivity index (χ0v) is 21.4.